The fraction of sp³-hybridized carbons (Fsp3) is 0.471. The molecule has 10 rings (SSSR count). The van der Waals surface area contributed by atoms with E-state index in [2.05, 4.69) is 34.3 Å². The molecule has 354 valence electrons. The summed E-state index contributed by atoms with van der Waals surface area (Å²) in [6.07, 6.45) is 7.68. The van der Waals surface area contributed by atoms with Gasteiger partial charge in [-0.05, 0) is 91.8 Å². The number of nitrogens with zero attached hydrogens (tertiary/aromatic N) is 2. The number of carbonyl (C=O) groups is 1. The fourth-order valence-electron chi connectivity index (χ4n) is 11.9. The quantitative estimate of drug-likeness (QED) is 0.0526. The van der Waals surface area contributed by atoms with E-state index in [-0.39, 0.29) is 47.1 Å². The number of nitrogens with one attached hydrogen (secondary N) is 1. The number of carbonyl (C=O) groups excluding carboxylic acids is 1. The lowest BCUT2D eigenvalue weighted by Crippen LogP contribution is -2.58. The van der Waals surface area contributed by atoms with Crippen molar-refractivity contribution in [3.05, 3.63) is 105 Å². The van der Waals surface area contributed by atoms with Gasteiger partial charge in [-0.15, -0.1) is 0 Å². The highest BCUT2D eigenvalue weighted by atomic mass is 17.2. The zero-order valence-electron chi connectivity index (χ0n) is 37.4. The van der Waals surface area contributed by atoms with Crippen molar-refractivity contribution in [2.75, 3.05) is 24.7 Å². The number of anilines is 1. The lowest BCUT2D eigenvalue weighted by molar-refractivity contribution is -0.373. The van der Waals surface area contributed by atoms with E-state index in [4.69, 9.17) is 18.9 Å². The summed E-state index contributed by atoms with van der Waals surface area (Å²) in [7, 11) is 0. The molecule has 4 aliphatic heterocycles. The summed E-state index contributed by atoms with van der Waals surface area (Å²) in [6.45, 7) is 2.62. The molecule has 5 heterocycles. The van der Waals surface area contributed by atoms with E-state index in [9.17, 15) is 45.3 Å². The average Bonchev–Trinajstić information content (AvgIpc) is 4.12. The Morgan fingerprint density at radius 1 is 1.04 bits per heavy atom. The van der Waals surface area contributed by atoms with Crippen molar-refractivity contribution >= 4 is 39.6 Å². The predicted molar refractivity (Wildman–Crippen MR) is 247 cm³/mol. The SMILES string of the molecule is CCC1C2=CC=NC2=CN1c1c2c(cc3c(=O)cc(C)oc13)CC(OOCC(O)(Cc1ccc(O)c3ccc(O)cc13)C(O)C(O)C(O)CO)C1(CC=CC(C3CNC(=O)C34CCCC4)C1)O2. The van der Waals surface area contributed by atoms with Gasteiger partial charge in [0.05, 0.1) is 29.1 Å². The van der Waals surface area contributed by atoms with Gasteiger partial charge in [0, 0.05) is 60.8 Å². The number of amides is 1. The second-order valence-corrected chi connectivity index (χ2v) is 19.4. The van der Waals surface area contributed by atoms with E-state index in [1.54, 1.807) is 19.2 Å². The number of benzene rings is 3. The fourth-order valence-corrected chi connectivity index (χ4v) is 11.9. The molecule has 16 heteroatoms. The number of fused-ring (bicyclic) bond motifs is 4. The Labute approximate surface area is 386 Å². The molecule has 6 aliphatic rings. The Balaban J connectivity index is 1.06. The number of phenols is 2. The monoisotopic (exact) mass is 919 g/mol. The van der Waals surface area contributed by atoms with Gasteiger partial charge in [-0.1, -0.05) is 38.0 Å². The first-order valence-corrected chi connectivity index (χ1v) is 23.3. The minimum atomic E-state index is -2.42. The summed E-state index contributed by atoms with van der Waals surface area (Å²) >= 11 is 0. The van der Waals surface area contributed by atoms with Crippen LogP contribution in [0.15, 0.2) is 92.4 Å². The van der Waals surface area contributed by atoms with Crippen molar-refractivity contribution < 1.29 is 59.5 Å². The zero-order valence-corrected chi connectivity index (χ0v) is 37.4. The number of hydrogen-bond acceptors (Lipinski definition) is 15. The third-order valence-electron chi connectivity index (χ3n) is 15.4. The first kappa shape index (κ1) is 45.2. The van der Waals surface area contributed by atoms with Crippen LogP contribution in [0.5, 0.6) is 17.2 Å². The Morgan fingerprint density at radius 3 is 2.63 bits per heavy atom. The van der Waals surface area contributed by atoms with Crippen molar-refractivity contribution in [2.24, 2.45) is 22.2 Å². The molecule has 0 radical (unpaired) electrons. The summed E-state index contributed by atoms with van der Waals surface area (Å²) in [5.41, 5.74) is -0.590. The molecule has 1 amide bonds. The van der Waals surface area contributed by atoms with E-state index >= 15 is 0 Å². The van der Waals surface area contributed by atoms with Crippen LogP contribution in [-0.2, 0) is 27.4 Å². The molecule has 1 saturated heterocycles. The lowest BCUT2D eigenvalue weighted by atomic mass is 9.64. The van der Waals surface area contributed by atoms with Crippen molar-refractivity contribution in [1.29, 1.82) is 0 Å². The van der Waals surface area contributed by atoms with Crippen LogP contribution < -0.4 is 20.4 Å². The van der Waals surface area contributed by atoms with Gasteiger partial charge in [-0.2, -0.15) is 0 Å². The molecule has 4 aromatic rings. The third-order valence-corrected chi connectivity index (χ3v) is 15.4. The van der Waals surface area contributed by atoms with Crippen molar-refractivity contribution in [3.8, 4) is 17.2 Å². The standard InChI is InChI=1S/C51H57N3O13/c1-3-38-33-12-16-52-37(33)24-54(38)43-45-30(18-35-40(58)17-27(2)65-46(35)43)19-42(51(66-45)15-6-7-29(22-51)36-23-53-48(62)49(36)13-4-5-14-49)67-64-26-50(63,47(61)44(60)41(59)25-55)21-28-8-11-39(57)32-10-9-31(56)20-34(28)32/h6-12,16-18,20,24,29,36,38,41-42,44,47,55-57,59-61,63H,3-5,13-15,19,21-23,25-26H2,1-2H3,(H,53,62). The lowest BCUT2D eigenvalue weighted by Gasteiger charge is -2.49. The van der Waals surface area contributed by atoms with E-state index in [1.165, 1.54) is 36.4 Å². The van der Waals surface area contributed by atoms with Gasteiger partial charge < -0.3 is 55.1 Å². The smallest absolute Gasteiger partial charge is 0.226 e. The molecule has 16 nitrogen and oxygen atoms in total. The van der Waals surface area contributed by atoms with E-state index in [0.29, 0.717) is 75.9 Å². The Kier molecular flexibility index (Phi) is 11.6. The van der Waals surface area contributed by atoms with Crippen LogP contribution >= 0.6 is 0 Å². The molecular weight excluding hydrogens is 863 g/mol. The van der Waals surface area contributed by atoms with Gasteiger partial charge >= 0.3 is 0 Å². The van der Waals surface area contributed by atoms with Crippen molar-refractivity contribution in [3.63, 3.8) is 0 Å². The molecule has 0 bridgehead atoms. The highest BCUT2D eigenvalue weighted by Gasteiger charge is 2.58. The number of aliphatic imine (C=N–C) groups is 1. The minimum absolute atomic E-state index is 0.0320. The Morgan fingerprint density at radius 2 is 1.85 bits per heavy atom. The van der Waals surface area contributed by atoms with Crippen LogP contribution in [-0.4, -0.2) is 109 Å². The van der Waals surface area contributed by atoms with Gasteiger partial charge in [0.25, 0.3) is 0 Å². The second kappa shape index (κ2) is 17.2. The maximum Gasteiger partial charge on any atom is 0.226 e. The molecule has 9 unspecified atom stereocenters. The maximum atomic E-state index is 13.9. The summed E-state index contributed by atoms with van der Waals surface area (Å²) in [5, 5.41) is 80.5. The van der Waals surface area contributed by atoms with Gasteiger partial charge in [0.2, 0.25) is 5.91 Å². The van der Waals surface area contributed by atoms with Crippen molar-refractivity contribution in [2.45, 2.75) is 113 Å². The van der Waals surface area contributed by atoms with Crippen LogP contribution in [0.1, 0.15) is 68.8 Å². The van der Waals surface area contributed by atoms with Gasteiger partial charge in [0.1, 0.15) is 65.2 Å². The number of aliphatic hydroxyl groups excluding tert-OH is 4. The van der Waals surface area contributed by atoms with Crippen LogP contribution in [0.25, 0.3) is 21.7 Å². The van der Waals surface area contributed by atoms with Crippen LogP contribution in [0.4, 0.5) is 5.69 Å². The molecule has 2 fully saturated rings. The van der Waals surface area contributed by atoms with Crippen LogP contribution in [0, 0.1) is 24.2 Å². The summed E-state index contributed by atoms with van der Waals surface area (Å²) in [4.78, 5) is 46.7. The largest absolute Gasteiger partial charge is 0.508 e. The van der Waals surface area contributed by atoms with Crippen LogP contribution in [0.2, 0.25) is 0 Å². The Hall–Kier alpha value is -5.59. The van der Waals surface area contributed by atoms with Crippen molar-refractivity contribution in [1.82, 2.24) is 5.32 Å². The molecular formula is C51H57N3O13. The maximum absolute atomic E-state index is 13.9. The number of ether oxygens (including phenoxy) is 1. The van der Waals surface area contributed by atoms with E-state index < -0.39 is 60.7 Å². The third kappa shape index (κ3) is 7.53. The molecule has 67 heavy (non-hydrogen) atoms. The number of hydrogen-bond donors (Lipinski definition) is 8. The van der Waals surface area contributed by atoms with Gasteiger partial charge in [-0.3, -0.25) is 14.6 Å². The second-order valence-electron chi connectivity index (χ2n) is 19.4. The normalized spacial score (nSPS) is 27.2. The zero-order chi connectivity index (χ0) is 47.0. The topological polar surface area (TPSA) is 244 Å². The molecule has 1 aromatic heterocycles. The summed E-state index contributed by atoms with van der Waals surface area (Å²) in [5.74, 6) is 0.624. The molecule has 9 atom stereocenters. The molecule has 3 aromatic carbocycles. The summed E-state index contributed by atoms with van der Waals surface area (Å²) in [6, 6.07) is 10.2. The Bertz CT molecular complexity index is 2810. The van der Waals surface area contributed by atoms with E-state index in [0.717, 1.165) is 37.0 Å². The first-order valence-electron chi connectivity index (χ1n) is 23.3. The van der Waals surface area contributed by atoms with Gasteiger partial charge in [-0.25, -0.2) is 9.78 Å². The number of aromatic hydroxyl groups is 2. The minimum Gasteiger partial charge on any atom is -0.508 e. The van der Waals surface area contributed by atoms with Crippen LogP contribution in [0.3, 0.4) is 0 Å². The molecule has 8 N–H and O–H groups in total. The first-order chi connectivity index (χ1) is 32.2. The highest BCUT2D eigenvalue weighted by molar-refractivity contribution is 5.97. The number of phenolic OH excluding ortho intramolecular Hbond substituents is 2. The molecule has 2 aliphatic carbocycles. The number of aliphatic hydroxyl groups is 5. The average molecular weight is 920 g/mol. The number of aryl methyl sites for hydroxylation is 1. The predicted octanol–water partition coefficient (Wildman–Crippen LogP) is 4.43. The number of allylic oxidation sites excluding steroid dienone is 2. The van der Waals surface area contributed by atoms with Gasteiger partial charge in [0.15, 0.2) is 16.8 Å². The number of rotatable bonds is 13. The molecule has 2 spiro atoms. The highest BCUT2D eigenvalue weighted by Crippen LogP contribution is 2.56. The molecule has 1 saturated carbocycles. The summed E-state index contributed by atoms with van der Waals surface area (Å²) < 4.78 is 13.9. The van der Waals surface area contributed by atoms with E-state index in [1.807, 2.05) is 12.3 Å².